The highest BCUT2D eigenvalue weighted by atomic mass is 17.1. The Labute approximate surface area is 130 Å². The average molecular weight is 315 g/mol. The van der Waals surface area contributed by atoms with Crippen LogP contribution >= 0.6 is 0 Å². The second-order valence-corrected chi connectivity index (χ2v) is 4.54. The molecule has 0 aliphatic carbocycles. The molecule has 2 N–H and O–H groups in total. The number of amides is 1. The maximum absolute atomic E-state index is 11.9. The van der Waals surface area contributed by atoms with Gasteiger partial charge in [0.2, 0.25) is 0 Å². The Balaban J connectivity index is 0.00000211. The predicted octanol–water partition coefficient (Wildman–Crippen LogP) is 2.85. The van der Waals surface area contributed by atoms with Crippen LogP contribution in [0.3, 0.4) is 0 Å². The molecule has 8 heteroatoms. The van der Waals surface area contributed by atoms with Crippen LogP contribution in [0.15, 0.2) is 18.3 Å². The Bertz CT molecular complexity index is 440. The minimum atomic E-state index is -0.538. The first-order chi connectivity index (χ1) is 10.4. The quantitative estimate of drug-likeness (QED) is 0.779. The van der Waals surface area contributed by atoms with Gasteiger partial charge in [-0.2, -0.15) is 0 Å². The molecule has 1 amide bonds. The summed E-state index contributed by atoms with van der Waals surface area (Å²) in [5.74, 6) is 0.555. The van der Waals surface area contributed by atoms with Gasteiger partial charge < -0.3 is 4.74 Å². The third-order valence-corrected chi connectivity index (χ3v) is 2.33. The Kier molecular flexibility index (Phi) is 10.0. The molecule has 1 rings (SSSR count). The molecule has 0 saturated carbocycles. The van der Waals surface area contributed by atoms with Crippen molar-refractivity contribution >= 4 is 11.9 Å². The summed E-state index contributed by atoms with van der Waals surface area (Å²) in [6, 6.07) is 3.30. The summed E-state index contributed by atoms with van der Waals surface area (Å²) in [6.07, 6.45) is 0.976. The van der Waals surface area contributed by atoms with Crippen LogP contribution in [0.4, 0.5) is 10.6 Å². The smallest absolute Gasteiger partial charge is 0.415 e. The third kappa shape index (κ3) is 7.32. The van der Waals surface area contributed by atoms with Crippen LogP contribution < -0.4 is 4.90 Å². The van der Waals surface area contributed by atoms with Crippen molar-refractivity contribution in [2.75, 3.05) is 18.6 Å². The lowest BCUT2D eigenvalue weighted by Gasteiger charge is -2.19. The molecule has 22 heavy (non-hydrogen) atoms. The monoisotopic (exact) mass is 315 g/mol. The highest BCUT2D eigenvalue weighted by molar-refractivity contribution is 5.86. The van der Waals surface area contributed by atoms with E-state index in [0.29, 0.717) is 18.0 Å². The van der Waals surface area contributed by atoms with Gasteiger partial charge in [-0.05, 0) is 12.0 Å². The number of hydrogen-bond donors (Lipinski definition) is 2. The van der Waals surface area contributed by atoms with Gasteiger partial charge >= 0.3 is 6.09 Å². The highest BCUT2D eigenvalue weighted by Gasteiger charge is 2.17. The van der Waals surface area contributed by atoms with Crippen molar-refractivity contribution in [2.24, 2.45) is 5.92 Å². The molecule has 0 spiro atoms. The Morgan fingerprint density at radius 1 is 1.36 bits per heavy atom. The lowest BCUT2D eigenvalue weighted by atomic mass is 10.2. The molecule has 0 unspecified atom stereocenters. The molecule has 0 aliphatic heterocycles. The van der Waals surface area contributed by atoms with E-state index in [0.717, 1.165) is 0 Å². The number of ether oxygens (including phenoxy) is 1. The number of anilines is 1. The minimum Gasteiger partial charge on any atom is -0.449 e. The zero-order valence-electron chi connectivity index (χ0n) is 13.7. The van der Waals surface area contributed by atoms with Crippen LogP contribution in [0.2, 0.25) is 0 Å². The molecule has 126 valence electrons. The van der Waals surface area contributed by atoms with Gasteiger partial charge in [0, 0.05) is 18.8 Å². The van der Waals surface area contributed by atoms with Crippen LogP contribution in [-0.2, 0) is 16.2 Å². The van der Waals surface area contributed by atoms with E-state index in [1.54, 1.807) is 12.1 Å². The minimum absolute atomic E-state index is 0.155. The summed E-state index contributed by atoms with van der Waals surface area (Å²) < 4.78 is 5.10. The zero-order valence-corrected chi connectivity index (χ0v) is 13.7. The number of pyridine rings is 1. The van der Waals surface area contributed by atoms with Crippen LogP contribution in [0.1, 0.15) is 33.3 Å². The molecule has 0 saturated heterocycles. The Hall–Kier alpha value is -1.74. The fourth-order valence-electron chi connectivity index (χ4n) is 1.39. The van der Waals surface area contributed by atoms with Crippen molar-refractivity contribution in [1.29, 1.82) is 0 Å². The summed E-state index contributed by atoms with van der Waals surface area (Å²) >= 11 is 0. The molecular weight excluding hydrogens is 290 g/mol. The maximum Gasteiger partial charge on any atom is 0.415 e. The second-order valence-electron chi connectivity index (χ2n) is 4.54. The van der Waals surface area contributed by atoms with E-state index in [2.05, 4.69) is 9.82 Å². The van der Waals surface area contributed by atoms with E-state index in [4.69, 9.17) is 15.2 Å². The first-order valence-corrected chi connectivity index (χ1v) is 7.07. The molecular formula is C14H25N3O5. The molecule has 0 radical (unpaired) electrons. The van der Waals surface area contributed by atoms with Crippen LogP contribution in [0.25, 0.3) is 0 Å². The number of hydrogen-bond acceptors (Lipinski definition) is 7. The number of nitrogens with zero attached hydrogens (tertiary/aromatic N) is 3. The first-order valence-electron chi connectivity index (χ1n) is 7.07. The number of aromatic nitrogens is 1. The summed E-state index contributed by atoms with van der Waals surface area (Å²) in [7, 11) is 1.52. The molecule has 1 aromatic heterocycles. The lowest BCUT2D eigenvalue weighted by Crippen LogP contribution is -2.30. The van der Waals surface area contributed by atoms with Crippen molar-refractivity contribution in [3.05, 3.63) is 23.9 Å². The van der Waals surface area contributed by atoms with Crippen LogP contribution in [0, 0.1) is 5.92 Å². The van der Waals surface area contributed by atoms with E-state index in [9.17, 15) is 4.79 Å². The Morgan fingerprint density at radius 3 is 2.55 bits per heavy atom. The molecule has 8 nitrogen and oxygen atoms in total. The molecule has 1 aromatic rings. The molecule has 0 aromatic carbocycles. The second kappa shape index (κ2) is 10.9. The Morgan fingerprint density at radius 2 is 2.00 bits per heavy atom. The van der Waals surface area contributed by atoms with Crippen LogP contribution in [0.5, 0.6) is 0 Å². The highest BCUT2D eigenvalue weighted by Crippen LogP contribution is 2.18. The normalized spacial score (nSPS) is 10.2. The summed E-state index contributed by atoms with van der Waals surface area (Å²) in [5.41, 5.74) is 0.504. The standard InChI is InChI=1S/C12H19N3O5.C2H6/c1-9(2)7-19-12(16)14(3)11-10(5-4-6-13-11)8-20-15(17)18;1-2/h4-6,9,17-18H,7-8H2,1-3H3;1-2H3. The largest absolute Gasteiger partial charge is 0.449 e. The molecule has 0 bridgehead atoms. The summed E-state index contributed by atoms with van der Waals surface area (Å²) in [5, 5.41) is 16.7. The summed E-state index contributed by atoms with van der Waals surface area (Å²) in [6.45, 7) is 8.02. The van der Waals surface area contributed by atoms with E-state index in [-0.39, 0.29) is 12.5 Å². The van der Waals surface area contributed by atoms with Gasteiger partial charge in [-0.15, -0.1) is 0 Å². The van der Waals surface area contributed by atoms with Gasteiger partial charge in [0.25, 0.3) is 0 Å². The first kappa shape index (κ1) is 20.3. The molecule has 1 heterocycles. The van der Waals surface area contributed by atoms with Gasteiger partial charge in [-0.1, -0.05) is 33.8 Å². The van der Waals surface area contributed by atoms with Gasteiger partial charge in [0.15, 0.2) is 0 Å². The summed E-state index contributed by atoms with van der Waals surface area (Å²) in [4.78, 5) is 21.7. The van der Waals surface area contributed by atoms with Gasteiger partial charge in [-0.3, -0.25) is 15.3 Å². The van der Waals surface area contributed by atoms with Crippen molar-refractivity contribution in [3.8, 4) is 0 Å². The van der Waals surface area contributed by atoms with Gasteiger partial charge in [0.1, 0.15) is 12.4 Å². The van der Waals surface area contributed by atoms with Crippen molar-refractivity contribution < 1.29 is 24.8 Å². The zero-order chi connectivity index (χ0) is 17.1. The molecule has 0 aliphatic rings. The van der Waals surface area contributed by atoms with Crippen molar-refractivity contribution in [3.63, 3.8) is 0 Å². The van der Waals surface area contributed by atoms with Crippen molar-refractivity contribution in [2.45, 2.75) is 34.3 Å². The van der Waals surface area contributed by atoms with E-state index in [1.807, 2.05) is 27.7 Å². The maximum atomic E-state index is 11.9. The number of carbonyl (C=O) groups excluding carboxylic acids is 1. The fraction of sp³-hybridized carbons (Fsp3) is 0.571. The number of rotatable bonds is 6. The topological polar surface area (TPSA) is 95.4 Å². The van der Waals surface area contributed by atoms with E-state index < -0.39 is 11.5 Å². The van der Waals surface area contributed by atoms with Gasteiger partial charge in [0.05, 0.1) is 12.0 Å². The van der Waals surface area contributed by atoms with E-state index >= 15 is 0 Å². The van der Waals surface area contributed by atoms with Crippen molar-refractivity contribution in [1.82, 2.24) is 10.4 Å². The SMILES string of the molecule is CC.CC(C)COC(=O)N(C)c1ncccc1CON(O)O. The average Bonchev–Trinajstić information content (AvgIpc) is 2.52. The molecule has 0 atom stereocenters. The van der Waals surface area contributed by atoms with E-state index in [1.165, 1.54) is 18.1 Å². The fourth-order valence-corrected chi connectivity index (χ4v) is 1.39. The lowest BCUT2D eigenvalue weighted by molar-refractivity contribution is -0.497. The predicted molar refractivity (Wildman–Crippen MR) is 80.4 cm³/mol. The number of carbonyl (C=O) groups is 1. The van der Waals surface area contributed by atoms with Crippen LogP contribution in [-0.4, -0.2) is 40.5 Å². The molecule has 0 fully saturated rings. The third-order valence-electron chi connectivity index (χ3n) is 2.33. The van der Waals surface area contributed by atoms with Gasteiger partial charge in [-0.25, -0.2) is 14.6 Å².